The van der Waals surface area contributed by atoms with Crippen LogP contribution in [-0.2, 0) is 4.79 Å². The van der Waals surface area contributed by atoms with E-state index >= 15 is 0 Å². The lowest BCUT2D eigenvalue weighted by Gasteiger charge is -2.07. The molecule has 0 spiro atoms. The summed E-state index contributed by atoms with van der Waals surface area (Å²) in [4.78, 5) is 18.2. The first-order valence-corrected chi connectivity index (χ1v) is 4.82. The molecule has 0 aliphatic rings. The number of aromatic nitrogens is 2. The van der Waals surface area contributed by atoms with Crippen LogP contribution in [0, 0.1) is 5.82 Å². The van der Waals surface area contributed by atoms with Crippen molar-refractivity contribution in [2.45, 2.75) is 6.92 Å². The molecule has 0 aliphatic carbocycles. The van der Waals surface area contributed by atoms with Gasteiger partial charge in [0.1, 0.15) is 0 Å². The zero-order chi connectivity index (χ0) is 12.0. The lowest BCUT2D eigenvalue weighted by molar-refractivity contribution is -0.118. The fourth-order valence-corrected chi connectivity index (χ4v) is 1.03. The average Bonchev–Trinajstić information content (AvgIpc) is 2.26. The maximum atomic E-state index is 13.2. The van der Waals surface area contributed by atoms with Gasteiger partial charge in [-0.3, -0.25) is 4.79 Å². The lowest BCUT2D eigenvalue weighted by atomic mass is 10.5. The third kappa shape index (κ3) is 3.68. The molecule has 0 saturated heterocycles. The third-order valence-electron chi connectivity index (χ3n) is 1.76. The molecule has 1 amide bonds. The molecule has 88 valence electrons. The minimum atomic E-state index is -0.526. The number of halogens is 1. The van der Waals surface area contributed by atoms with Crippen LogP contribution in [0.3, 0.4) is 0 Å². The molecule has 7 heteroatoms. The zero-order valence-corrected chi connectivity index (χ0v) is 9.17. The molecule has 1 rings (SSSR count). The van der Waals surface area contributed by atoms with E-state index in [1.807, 2.05) is 0 Å². The maximum Gasteiger partial charge on any atom is 0.224 e. The number of nitrogens with zero attached hydrogens (tertiary/aromatic N) is 2. The molecule has 0 aromatic carbocycles. The van der Waals surface area contributed by atoms with Gasteiger partial charge in [-0.15, -0.1) is 0 Å². The van der Waals surface area contributed by atoms with E-state index in [1.54, 1.807) is 7.05 Å². The van der Waals surface area contributed by atoms with Gasteiger partial charge in [0.25, 0.3) is 0 Å². The van der Waals surface area contributed by atoms with Crippen LogP contribution >= 0.6 is 0 Å². The highest BCUT2D eigenvalue weighted by Crippen LogP contribution is 2.10. The third-order valence-corrected chi connectivity index (χ3v) is 1.76. The predicted octanol–water partition coefficient (Wildman–Crippen LogP) is 0.205. The normalized spacial score (nSPS) is 9.69. The van der Waals surface area contributed by atoms with Crippen LogP contribution in [0.25, 0.3) is 0 Å². The van der Waals surface area contributed by atoms with Gasteiger partial charge in [0, 0.05) is 27.1 Å². The van der Waals surface area contributed by atoms with Gasteiger partial charge in [-0.2, -0.15) is 4.98 Å². The predicted molar refractivity (Wildman–Crippen MR) is 58.7 cm³/mol. The Labute approximate surface area is 92.7 Å². The van der Waals surface area contributed by atoms with Crippen molar-refractivity contribution < 1.29 is 9.18 Å². The van der Waals surface area contributed by atoms with E-state index in [-0.39, 0.29) is 11.7 Å². The first-order valence-electron chi connectivity index (χ1n) is 4.82. The van der Waals surface area contributed by atoms with Crippen LogP contribution in [0.15, 0.2) is 6.20 Å². The molecule has 0 radical (unpaired) electrons. The largest absolute Gasteiger partial charge is 0.366 e. The molecule has 0 aliphatic heterocycles. The van der Waals surface area contributed by atoms with Gasteiger partial charge >= 0.3 is 0 Å². The molecule has 16 heavy (non-hydrogen) atoms. The lowest BCUT2D eigenvalue weighted by Crippen LogP contribution is -2.26. The quantitative estimate of drug-likeness (QED) is 0.626. The van der Waals surface area contributed by atoms with Gasteiger partial charge in [0.05, 0.1) is 6.20 Å². The van der Waals surface area contributed by atoms with Crippen LogP contribution in [0.4, 0.5) is 16.2 Å². The van der Waals surface area contributed by atoms with E-state index in [2.05, 4.69) is 25.9 Å². The van der Waals surface area contributed by atoms with Crippen molar-refractivity contribution in [1.29, 1.82) is 0 Å². The number of rotatable bonds is 5. The molecule has 1 aromatic heterocycles. The first kappa shape index (κ1) is 12.2. The summed E-state index contributed by atoms with van der Waals surface area (Å²) < 4.78 is 13.2. The molecular formula is C9H14FN5O. The fraction of sp³-hybridized carbons (Fsp3) is 0.444. The number of amides is 1. The summed E-state index contributed by atoms with van der Waals surface area (Å²) in [5.74, 6) is -0.198. The van der Waals surface area contributed by atoms with E-state index < -0.39 is 5.82 Å². The molecule has 1 heterocycles. The highest BCUT2D eigenvalue weighted by atomic mass is 19.1. The highest BCUT2D eigenvalue weighted by molar-refractivity contribution is 5.72. The number of nitrogens with one attached hydrogen (secondary N) is 3. The first-order chi connectivity index (χ1) is 7.63. The van der Waals surface area contributed by atoms with Crippen LogP contribution in [0.5, 0.6) is 0 Å². The monoisotopic (exact) mass is 227 g/mol. The van der Waals surface area contributed by atoms with Crippen molar-refractivity contribution in [2.75, 3.05) is 30.8 Å². The number of carbonyl (C=O) groups is 1. The number of carbonyl (C=O) groups excluding carboxylic acids is 1. The van der Waals surface area contributed by atoms with E-state index in [0.29, 0.717) is 19.0 Å². The summed E-state index contributed by atoms with van der Waals surface area (Å²) in [5, 5.41) is 8.05. The Morgan fingerprint density at radius 3 is 2.88 bits per heavy atom. The molecular weight excluding hydrogens is 213 g/mol. The molecule has 0 unspecified atom stereocenters. The van der Waals surface area contributed by atoms with Crippen LogP contribution < -0.4 is 16.0 Å². The van der Waals surface area contributed by atoms with Crippen LogP contribution in [0.2, 0.25) is 0 Å². The number of hydrogen-bond donors (Lipinski definition) is 3. The molecule has 0 atom stereocenters. The Bertz CT molecular complexity index is 371. The van der Waals surface area contributed by atoms with E-state index in [0.717, 1.165) is 6.20 Å². The summed E-state index contributed by atoms with van der Waals surface area (Å²) >= 11 is 0. The van der Waals surface area contributed by atoms with E-state index in [9.17, 15) is 9.18 Å². The maximum absolute atomic E-state index is 13.2. The van der Waals surface area contributed by atoms with Gasteiger partial charge < -0.3 is 16.0 Å². The molecule has 6 nitrogen and oxygen atoms in total. The Hall–Kier alpha value is -1.92. The molecule has 0 saturated carbocycles. The Balaban J connectivity index is 2.49. The van der Waals surface area contributed by atoms with Crippen molar-refractivity contribution in [3.63, 3.8) is 0 Å². The summed E-state index contributed by atoms with van der Waals surface area (Å²) in [6, 6.07) is 0. The minimum absolute atomic E-state index is 0.115. The summed E-state index contributed by atoms with van der Waals surface area (Å²) in [6.07, 6.45) is 1.08. The van der Waals surface area contributed by atoms with Gasteiger partial charge in [-0.05, 0) is 0 Å². The van der Waals surface area contributed by atoms with E-state index in [4.69, 9.17) is 0 Å². The Morgan fingerprint density at radius 1 is 1.50 bits per heavy atom. The summed E-state index contributed by atoms with van der Waals surface area (Å²) in [5.41, 5.74) is 0. The standard InChI is InChI=1S/C9H14FN5O/c1-6(16)12-3-4-13-8-7(10)5-14-9(11-2)15-8/h5H,3-4H2,1-2H3,(H,12,16)(H2,11,13,14,15). The SMILES string of the molecule is CNc1ncc(F)c(NCCNC(C)=O)n1. The van der Waals surface area contributed by atoms with Crippen LogP contribution in [-0.4, -0.2) is 36.0 Å². The second-order valence-corrected chi connectivity index (χ2v) is 3.05. The molecule has 1 aromatic rings. The summed E-state index contributed by atoms with van der Waals surface area (Å²) in [6.45, 7) is 2.23. The van der Waals surface area contributed by atoms with Crippen molar-refractivity contribution in [2.24, 2.45) is 0 Å². The van der Waals surface area contributed by atoms with Crippen molar-refractivity contribution >= 4 is 17.7 Å². The summed E-state index contributed by atoms with van der Waals surface area (Å²) in [7, 11) is 1.65. The second-order valence-electron chi connectivity index (χ2n) is 3.05. The van der Waals surface area contributed by atoms with Gasteiger partial charge in [-0.25, -0.2) is 9.37 Å². The van der Waals surface area contributed by atoms with Gasteiger partial charge in [0.2, 0.25) is 11.9 Å². The minimum Gasteiger partial charge on any atom is -0.366 e. The average molecular weight is 227 g/mol. The van der Waals surface area contributed by atoms with Crippen molar-refractivity contribution in [3.8, 4) is 0 Å². The fourth-order valence-electron chi connectivity index (χ4n) is 1.03. The van der Waals surface area contributed by atoms with Crippen LogP contribution in [0.1, 0.15) is 6.92 Å². The number of anilines is 2. The van der Waals surface area contributed by atoms with Gasteiger partial charge in [0.15, 0.2) is 11.6 Å². The highest BCUT2D eigenvalue weighted by Gasteiger charge is 2.04. The molecule has 0 bridgehead atoms. The zero-order valence-electron chi connectivity index (χ0n) is 9.17. The van der Waals surface area contributed by atoms with E-state index in [1.165, 1.54) is 6.92 Å². The Morgan fingerprint density at radius 2 is 2.25 bits per heavy atom. The molecule has 3 N–H and O–H groups in total. The van der Waals surface area contributed by atoms with Crippen molar-refractivity contribution in [3.05, 3.63) is 12.0 Å². The number of hydrogen-bond acceptors (Lipinski definition) is 5. The smallest absolute Gasteiger partial charge is 0.224 e. The Kier molecular flexibility index (Phi) is 4.43. The van der Waals surface area contributed by atoms with Crippen molar-refractivity contribution in [1.82, 2.24) is 15.3 Å². The van der Waals surface area contributed by atoms with Gasteiger partial charge in [-0.1, -0.05) is 0 Å². The topological polar surface area (TPSA) is 78.9 Å². The molecule has 0 fully saturated rings. The second kappa shape index (κ2) is 5.84.